The maximum Gasteiger partial charge on any atom is 0.427 e. The number of ether oxygens (including phenoxy) is 3. The minimum Gasteiger partial charge on any atom is -0.490 e. The Morgan fingerprint density at radius 2 is 1.76 bits per heavy atom. The van der Waals surface area contributed by atoms with Crippen LogP contribution in [0.15, 0.2) is 53.6 Å². The van der Waals surface area contributed by atoms with Crippen molar-refractivity contribution in [2.45, 2.75) is 38.0 Å². The predicted octanol–water partition coefficient (Wildman–Crippen LogP) is 4.88. The maximum absolute atomic E-state index is 11.0. The number of hydrazone groups is 1. The van der Waals surface area contributed by atoms with Crippen LogP contribution in [0.3, 0.4) is 0 Å². The molecule has 0 aliphatic heterocycles. The lowest BCUT2D eigenvalue weighted by molar-refractivity contribution is 0.171. The molecule has 0 unspecified atom stereocenters. The number of hydrogen-bond donors (Lipinski definition) is 1. The van der Waals surface area contributed by atoms with Crippen LogP contribution in [0.25, 0.3) is 0 Å². The summed E-state index contributed by atoms with van der Waals surface area (Å²) in [6.07, 6.45) is 7.57. The molecule has 0 heterocycles. The second-order valence-corrected chi connectivity index (χ2v) is 7.03. The zero-order chi connectivity index (χ0) is 20.3. The van der Waals surface area contributed by atoms with Crippen molar-refractivity contribution in [3.8, 4) is 11.5 Å². The molecule has 0 saturated heterocycles. The molecule has 6 nitrogen and oxygen atoms in total. The summed E-state index contributed by atoms with van der Waals surface area (Å²) < 4.78 is 16.0. The lowest BCUT2D eigenvalue weighted by Gasteiger charge is -2.22. The molecule has 0 bridgehead atoms. The average Bonchev–Trinajstić information content (AvgIpc) is 2.78. The van der Waals surface area contributed by atoms with Crippen LogP contribution in [0.1, 0.15) is 49.1 Å². The van der Waals surface area contributed by atoms with Gasteiger partial charge in [-0.05, 0) is 54.2 Å². The maximum atomic E-state index is 11.0. The summed E-state index contributed by atoms with van der Waals surface area (Å²) in [6.45, 7) is 0.899. The third-order valence-electron chi connectivity index (χ3n) is 4.99. The van der Waals surface area contributed by atoms with Crippen molar-refractivity contribution in [2.24, 2.45) is 5.10 Å². The summed E-state index contributed by atoms with van der Waals surface area (Å²) in [4.78, 5) is 11.0. The van der Waals surface area contributed by atoms with Gasteiger partial charge in [0.1, 0.15) is 24.7 Å². The monoisotopic (exact) mass is 396 g/mol. The van der Waals surface area contributed by atoms with E-state index in [4.69, 9.17) is 9.47 Å². The van der Waals surface area contributed by atoms with Crippen molar-refractivity contribution < 1.29 is 19.0 Å². The minimum atomic E-state index is -0.613. The van der Waals surface area contributed by atoms with Gasteiger partial charge in [0.2, 0.25) is 0 Å². The Morgan fingerprint density at radius 1 is 1.03 bits per heavy atom. The largest absolute Gasteiger partial charge is 0.490 e. The lowest BCUT2D eigenvalue weighted by atomic mass is 9.84. The van der Waals surface area contributed by atoms with Crippen molar-refractivity contribution in [3.05, 3.63) is 59.7 Å². The number of hydrogen-bond acceptors (Lipinski definition) is 5. The average molecular weight is 396 g/mol. The molecule has 0 aromatic heterocycles. The molecule has 1 amide bonds. The van der Waals surface area contributed by atoms with Crippen LogP contribution in [0.4, 0.5) is 4.79 Å². The molecule has 2 aromatic carbocycles. The van der Waals surface area contributed by atoms with E-state index in [9.17, 15) is 4.79 Å². The second-order valence-electron chi connectivity index (χ2n) is 7.03. The van der Waals surface area contributed by atoms with E-state index in [1.165, 1.54) is 51.0 Å². The first-order valence-electron chi connectivity index (χ1n) is 10.1. The minimum absolute atomic E-state index is 0.436. The van der Waals surface area contributed by atoms with Gasteiger partial charge in [0.25, 0.3) is 0 Å². The van der Waals surface area contributed by atoms with Crippen LogP contribution in [0, 0.1) is 0 Å². The first kappa shape index (κ1) is 20.7. The summed E-state index contributed by atoms with van der Waals surface area (Å²) in [7, 11) is 1.28. The highest BCUT2D eigenvalue weighted by atomic mass is 16.5. The Hall–Kier alpha value is -3.02. The summed E-state index contributed by atoms with van der Waals surface area (Å²) >= 11 is 0. The molecular weight excluding hydrogens is 368 g/mol. The summed E-state index contributed by atoms with van der Waals surface area (Å²) in [6, 6.07) is 15.9. The molecule has 1 saturated carbocycles. The first-order valence-corrected chi connectivity index (χ1v) is 10.1. The summed E-state index contributed by atoms with van der Waals surface area (Å²) in [5, 5.41) is 3.80. The van der Waals surface area contributed by atoms with E-state index < -0.39 is 6.09 Å². The molecule has 1 N–H and O–H groups in total. The zero-order valence-electron chi connectivity index (χ0n) is 16.8. The van der Waals surface area contributed by atoms with Crippen molar-refractivity contribution in [2.75, 3.05) is 20.3 Å². The van der Waals surface area contributed by atoms with Crippen LogP contribution >= 0.6 is 0 Å². The van der Waals surface area contributed by atoms with E-state index in [1.807, 2.05) is 24.3 Å². The highest BCUT2D eigenvalue weighted by Gasteiger charge is 2.15. The number of benzene rings is 2. The Morgan fingerprint density at radius 3 is 2.48 bits per heavy atom. The topological polar surface area (TPSA) is 69.2 Å². The fourth-order valence-corrected chi connectivity index (χ4v) is 3.48. The van der Waals surface area contributed by atoms with Gasteiger partial charge in [0, 0.05) is 0 Å². The lowest BCUT2D eigenvalue weighted by Crippen LogP contribution is -2.16. The Kier molecular flexibility index (Phi) is 7.92. The van der Waals surface area contributed by atoms with Crippen LogP contribution in [-0.2, 0) is 4.74 Å². The SMILES string of the molecule is COC(=O)NN=Cc1cccc(OCCOc2ccc(C3CCCCC3)cc2)c1. The normalized spacial score (nSPS) is 14.5. The second kappa shape index (κ2) is 11.1. The number of nitrogens with zero attached hydrogens (tertiary/aromatic N) is 1. The van der Waals surface area contributed by atoms with Gasteiger partial charge in [-0.25, -0.2) is 10.2 Å². The number of carbonyl (C=O) groups is 1. The first-order chi connectivity index (χ1) is 14.2. The standard InChI is InChI=1S/C23H28N2O4/c1-27-23(26)25-24-17-18-6-5-9-22(16-18)29-15-14-28-21-12-10-20(11-13-21)19-7-3-2-4-8-19/h5-6,9-13,16-17,19H,2-4,7-8,14-15H2,1H3,(H,25,26). The number of rotatable bonds is 8. The number of methoxy groups -OCH3 is 1. The predicted molar refractivity (Wildman–Crippen MR) is 113 cm³/mol. The highest BCUT2D eigenvalue weighted by Crippen LogP contribution is 2.33. The van der Waals surface area contributed by atoms with Gasteiger partial charge in [-0.15, -0.1) is 0 Å². The quantitative estimate of drug-likeness (QED) is 0.392. The smallest absolute Gasteiger partial charge is 0.427 e. The fraction of sp³-hybridized carbons (Fsp3) is 0.391. The summed E-state index contributed by atoms with van der Waals surface area (Å²) in [5.41, 5.74) is 4.47. The van der Waals surface area contributed by atoms with Gasteiger partial charge < -0.3 is 14.2 Å². The molecule has 154 valence electrons. The molecule has 1 aliphatic rings. The van der Waals surface area contributed by atoms with Crippen molar-refractivity contribution in [3.63, 3.8) is 0 Å². The molecule has 1 fully saturated rings. The van der Waals surface area contributed by atoms with Crippen LogP contribution in [0.5, 0.6) is 11.5 Å². The fourth-order valence-electron chi connectivity index (χ4n) is 3.48. The van der Waals surface area contributed by atoms with E-state index in [1.54, 1.807) is 0 Å². The van der Waals surface area contributed by atoms with Gasteiger partial charge in [0.15, 0.2) is 0 Å². The highest BCUT2D eigenvalue weighted by molar-refractivity contribution is 5.81. The molecule has 0 spiro atoms. The van der Waals surface area contributed by atoms with Gasteiger partial charge in [-0.2, -0.15) is 5.10 Å². The zero-order valence-corrected chi connectivity index (χ0v) is 16.8. The van der Waals surface area contributed by atoms with Gasteiger partial charge in [-0.3, -0.25) is 0 Å². The summed E-state index contributed by atoms with van der Waals surface area (Å²) in [5.74, 6) is 2.28. The van der Waals surface area contributed by atoms with E-state index in [2.05, 4.69) is 39.5 Å². The Bertz CT molecular complexity index is 799. The molecule has 1 aliphatic carbocycles. The third kappa shape index (κ3) is 6.82. The number of nitrogens with one attached hydrogen (secondary N) is 1. The molecule has 0 radical (unpaired) electrons. The van der Waals surface area contributed by atoms with Gasteiger partial charge in [0.05, 0.1) is 13.3 Å². The van der Waals surface area contributed by atoms with Crippen LogP contribution in [0.2, 0.25) is 0 Å². The van der Waals surface area contributed by atoms with Crippen molar-refractivity contribution in [1.29, 1.82) is 0 Å². The Balaban J connectivity index is 1.41. The molecule has 2 aromatic rings. The number of amides is 1. The van der Waals surface area contributed by atoms with Crippen LogP contribution in [-0.4, -0.2) is 32.6 Å². The van der Waals surface area contributed by atoms with E-state index in [-0.39, 0.29) is 0 Å². The van der Waals surface area contributed by atoms with Crippen molar-refractivity contribution >= 4 is 12.3 Å². The van der Waals surface area contributed by atoms with Crippen LogP contribution < -0.4 is 14.9 Å². The molecular formula is C23H28N2O4. The van der Waals surface area contributed by atoms with E-state index >= 15 is 0 Å². The van der Waals surface area contributed by atoms with Crippen molar-refractivity contribution in [1.82, 2.24) is 5.43 Å². The third-order valence-corrected chi connectivity index (χ3v) is 4.99. The molecule has 6 heteroatoms. The van der Waals surface area contributed by atoms with Gasteiger partial charge >= 0.3 is 6.09 Å². The molecule has 29 heavy (non-hydrogen) atoms. The number of carbonyl (C=O) groups excluding carboxylic acids is 1. The van der Waals surface area contributed by atoms with E-state index in [0.717, 1.165) is 11.3 Å². The van der Waals surface area contributed by atoms with E-state index in [0.29, 0.717) is 24.9 Å². The van der Waals surface area contributed by atoms with Gasteiger partial charge in [-0.1, -0.05) is 43.5 Å². The molecule has 3 rings (SSSR count). The molecule has 0 atom stereocenters. The Labute approximate surface area is 171 Å².